The quantitative estimate of drug-likeness (QED) is 0.514. The Bertz CT molecular complexity index is 312. The van der Waals surface area contributed by atoms with E-state index in [0.717, 1.165) is 6.42 Å². The van der Waals surface area contributed by atoms with Crippen molar-refractivity contribution in [2.24, 2.45) is 17.3 Å². The first-order chi connectivity index (χ1) is 9.06. The van der Waals surface area contributed by atoms with Crippen molar-refractivity contribution < 1.29 is 9.53 Å². The number of esters is 1. The van der Waals surface area contributed by atoms with Crippen LogP contribution in [-0.2, 0) is 9.53 Å². The maximum Gasteiger partial charge on any atom is 0.309 e. The minimum atomic E-state index is 0.0437. The molecule has 2 aliphatic rings. The van der Waals surface area contributed by atoms with Crippen LogP contribution in [0.25, 0.3) is 0 Å². The van der Waals surface area contributed by atoms with Crippen molar-refractivity contribution in [3.63, 3.8) is 0 Å². The third-order valence-electron chi connectivity index (χ3n) is 5.42. The Hall–Kier alpha value is -0.530. The predicted octanol–water partition coefficient (Wildman–Crippen LogP) is 4.71. The fourth-order valence-corrected chi connectivity index (χ4v) is 3.95. The van der Waals surface area contributed by atoms with Gasteiger partial charge in [0.15, 0.2) is 0 Å². The molecule has 0 spiro atoms. The molecule has 1 heterocycles. The van der Waals surface area contributed by atoms with E-state index in [4.69, 9.17) is 4.74 Å². The highest BCUT2D eigenvalue weighted by Crippen LogP contribution is 2.48. The van der Waals surface area contributed by atoms with Gasteiger partial charge in [-0.25, -0.2) is 0 Å². The van der Waals surface area contributed by atoms with Crippen LogP contribution in [0.3, 0.4) is 0 Å². The molecule has 4 atom stereocenters. The van der Waals surface area contributed by atoms with Crippen LogP contribution in [0.15, 0.2) is 0 Å². The highest BCUT2D eigenvalue weighted by atomic mass is 16.6. The molecule has 0 aromatic heterocycles. The molecule has 0 N–H and O–H groups in total. The van der Waals surface area contributed by atoms with Gasteiger partial charge in [0.1, 0.15) is 6.10 Å². The number of unbranched alkanes of at least 4 members (excludes halogenated alkanes) is 4. The van der Waals surface area contributed by atoms with Gasteiger partial charge in [-0.3, -0.25) is 4.79 Å². The molecule has 2 rings (SSSR count). The molecule has 0 aromatic rings. The van der Waals surface area contributed by atoms with E-state index in [1.54, 1.807) is 0 Å². The standard InChI is InChI=1S/C17H30O2/c1-4-5-6-7-8-10-17(3)11-9-14-13(2)16(18)19-15(14)12-17/h13-15H,4-12H2,1-3H3/t13-,14?,15?,17?/m1/s1. The summed E-state index contributed by atoms with van der Waals surface area (Å²) in [6.45, 7) is 6.71. The monoisotopic (exact) mass is 266 g/mol. The third kappa shape index (κ3) is 3.52. The number of ether oxygens (including phenoxy) is 1. The zero-order chi connectivity index (χ0) is 13.9. The van der Waals surface area contributed by atoms with Crippen molar-refractivity contribution in [2.45, 2.75) is 84.7 Å². The fourth-order valence-electron chi connectivity index (χ4n) is 3.95. The predicted molar refractivity (Wildman–Crippen MR) is 77.9 cm³/mol. The summed E-state index contributed by atoms with van der Waals surface area (Å²) in [6, 6.07) is 0. The molecule has 0 bridgehead atoms. The Morgan fingerprint density at radius 2 is 2.00 bits per heavy atom. The van der Waals surface area contributed by atoms with Gasteiger partial charge in [-0.05, 0) is 31.1 Å². The van der Waals surface area contributed by atoms with Crippen molar-refractivity contribution in [3.8, 4) is 0 Å². The molecule has 1 aliphatic carbocycles. The second-order valence-electron chi connectivity index (χ2n) is 7.15. The molecular formula is C17H30O2. The average molecular weight is 266 g/mol. The molecular weight excluding hydrogens is 236 g/mol. The molecule has 19 heavy (non-hydrogen) atoms. The molecule has 1 aliphatic heterocycles. The Labute approximate surface area is 118 Å². The van der Waals surface area contributed by atoms with Gasteiger partial charge in [-0.2, -0.15) is 0 Å². The summed E-state index contributed by atoms with van der Waals surface area (Å²) in [7, 11) is 0. The van der Waals surface area contributed by atoms with Crippen molar-refractivity contribution in [1.29, 1.82) is 0 Å². The van der Waals surface area contributed by atoms with E-state index in [1.807, 2.05) is 6.92 Å². The minimum absolute atomic E-state index is 0.0437. The molecule has 110 valence electrons. The summed E-state index contributed by atoms with van der Waals surface area (Å²) in [5, 5.41) is 0. The molecule has 1 saturated heterocycles. The van der Waals surface area contributed by atoms with Gasteiger partial charge >= 0.3 is 5.97 Å². The smallest absolute Gasteiger partial charge is 0.309 e. The van der Waals surface area contributed by atoms with Gasteiger partial charge in [0.2, 0.25) is 0 Å². The first kappa shape index (κ1) is 14.9. The Morgan fingerprint density at radius 1 is 1.26 bits per heavy atom. The number of rotatable bonds is 6. The Kier molecular flexibility index (Phi) is 4.92. The first-order valence-electron chi connectivity index (χ1n) is 8.26. The lowest BCUT2D eigenvalue weighted by atomic mass is 9.66. The second-order valence-corrected chi connectivity index (χ2v) is 7.15. The van der Waals surface area contributed by atoms with Gasteiger partial charge in [-0.15, -0.1) is 0 Å². The van der Waals surface area contributed by atoms with E-state index >= 15 is 0 Å². The third-order valence-corrected chi connectivity index (χ3v) is 5.42. The van der Waals surface area contributed by atoms with E-state index in [-0.39, 0.29) is 18.0 Å². The van der Waals surface area contributed by atoms with Gasteiger partial charge in [0.25, 0.3) is 0 Å². The summed E-state index contributed by atoms with van der Waals surface area (Å²) in [5.41, 5.74) is 0.414. The number of hydrogen-bond acceptors (Lipinski definition) is 2. The van der Waals surface area contributed by atoms with Crippen molar-refractivity contribution in [1.82, 2.24) is 0 Å². The van der Waals surface area contributed by atoms with E-state index in [2.05, 4.69) is 13.8 Å². The summed E-state index contributed by atoms with van der Waals surface area (Å²) in [6.07, 6.45) is 11.9. The topological polar surface area (TPSA) is 26.3 Å². The summed E-state index contributed by atoms with van der Waals surface area (Å²) in [5.74, 6) is 0.682. The first-order valence-corrected chi connectivity index (χ1v) is 8.26. The molecule has 0 amide bonds. The highest BCUT2D eigenvalue weighted by Gasteiger charge is 2.48. The SMILES string of the molecule is CCCCCCCC1(C)CCC2C(C1)OC(=O)[C@@H]2C. The van der Waals surface area contributed by atoms with Gasteiger partial charge < -0.3 is 4.74 Å². The van der Waals surface area contributed by atoms with E-state index in [9.17, 15) is 4.79 Å². The fraction of sp³-hybridized carbons (Fsp3) is 0.941. The average Bonchev–Trinajstić information content (AvgIpc) is 2.64. The van der Waals surface area contributed by atoms with E-state index in [0.29, 0.717) is 11.3 Å². The molecule has 0 aromatic carbocycles. The number of fused-ring (bicyclic) bond motifs is 1. The summed E-state index contributed by atoms with van der Waals surface area (Å²) < 4.78 is 5.58. The normalized spacial score (nSPS) is 38.1. The number of carbonyl (C=O) groups excluding carboxylic acids is 1. The van der Waals surface area contributed by atoms with Crippen LogP contribution in [0.4, 0.5) is 0 Å². The maximum atomic E-state index is 11.7. The Morgan fingerprint density at radius 3 is 2.74 bits per heavy atom. The van der Waals surface area contributed by atoms with Gasteiger partial charge in [0, 0.05) is 5.92 Å². The van der Waals surface area contributed by atoms with E-state index < -0.39 is 0 Å². The molecule has 0 radical (unpaired) electrons. The van der Waals surface area contributed by atoms with Crippen molar-refractivity contribution in [3.05, 3.63) is 0 Å². The molecule has 2 nitrogen and oxygen atoms in total. The Balaban J connectivity index is 1.77. The second kappa shape index (κ2) is 6.28. The lowest BCUT2D eigenvalue weighted by molar-refractivity contribution is -0.145. The van der Waals surface area contributed by atoms with Gasteiger partial charge in [-0.1, -0.05) is 52.9 Å². The summed E-state index contributed by atoms with van der Waals surface area (Å²) >= 11 is 0. The number of hydrogen-bond donors (Lipinski definition) is 0. The maximum absolute atomic E-state index is 11.7. The van der Waals surface area contributed by atoms with Crippen molar-refractivity contribution in [2.75, 3.05) is 0 Å². The van der Waals surface area contributed by atoms with Gasteiger partial charge in [0.05, 0.1) is 5.92 Å². The van der Waals surface area contributed by atoms with E-state index in [1.165, 1.54) is 51.4 Å². The molecule has 1 saturated carbocycles. The van der Waals surface area contributed by atoms with Crippen LogP contribution in [0.1, 0.15) is 78.6 Å². The van der Waals surface area contributed by atoms with Crippen LogP contribution in [0.5, 0.6) is 0 Å². The van der Waals surface area contributed by atoms with Crippen LogP contribution in [0, 0.1) is 17.3 Å². The highest BCUT2D eigenvalue weighted by molar-refractivity contribution is 5.74. The van der Waals surface area contributed by atoms with Crippen LogP contribution >= 0.6 is 0 Å². The molecule has 2 fully saturated rings. The zero-order valence-corrected chi connectivity index (χ0v) is 12.9. The molecule has 2 heteroatoms. The zero-order valence-electron chi connectivity index (χ0n) is 12.9. The summed E-state index contributed by atoms with van der Waals surface area (Å²) in [4.78, 5) is 11.7. The largest absolute Gasteiger partial charge is 0.462 e. The lowest BCUT2D eigenvalue weighted by Crippen LogP contribution is -2.34. The number of carbonyl (C=O) groups is 1. The van der Waals surface area contributed by atoms with Crippen LogP contribution in [0.2, 0.25) is 0 Å². The minimum Gasteiger partial charge on any atom is -0.462 e. The lowest BCUT2D eigenvalue weighted by Gasteiger charge is -2.39. The van der Waals surface area contributed by atoms with Crippen LogP contribution in [-0.4, -0.2) is 12.1 Å². The molecule has 3 unspecified atom stereocenters. The van der Waals surface area contributed by atoms with Crippen LogP contribution < -0.4 is 0 Å². The van der Waals surface area contributed by atoms with Crippen molar-refractivity contribution >= 4 is 5.97 Å².